The number of hydrogen-bond donors (Lipinski definition) is 1. The predicted octanol–water partition coefficient (Wildman–Crippen LogP) is 3.81. The van der Waals surface area contributed by atoms with Crippen LogP contribution < -0.4 is 4.74 Å². The molecule has 24 heavy (non-hydrogen) atoms. The standard InChI is InChI=1S/C21H27NO2/c1-16(2)21(23)18-8-9-20-19(14-18)15-22(12-13-24-20)11-10-17-6-4-3-5-7-17/h3-9,14,16,21,23H,10-13,15H2,1-2H3/t21-/m1/s1. The Morgan fingerprint density at radius 2 is 1.92 bits per heavy atom. The summed E-state index contributed by atoms with van der Waals surface area (Å²) in [5, 5.41) is 10.3. The molecule has 0 fully saturated rings. The maximum absolute atomic E-state index is 10.3. The molecule has 1 atom stereocenters. The highest BCUT2D eigenvalue weighted by atomic mass is 16.5. The summed E-state index contributed by atoms with van der Waals surface area (Å²) in [7, 11) is 0. The molecule has 1 N–H and O–H groups in total. The second kappa shape index (κ2) is 7.82. The number of benzene rings is 2. The second-order valence-corrected chi connectivity index (χ2v) is 6.92. The summed E-state index contributed by atoms with van der Waals surface area (Å²) in [6.07, 6.45) is 0.626. The van der Waals surface area contributed by atoms with E-state index in [4.69, 9.17) is 4.74 Å². The zero-order chi connectivity index (χ0) is 16.9. The highest BCUT2D eigenvalue weighted by Gasteiger charge is 2.18. The fourth-order valence-corrected chi connectivity index (χ4v) is 3.16. The molecule has 0 bridgehead atoms. The molecule has 1 aliphatic heterocycles. The van der Waals surface area contributed by atoms with Crippen molar-refractivity contribution in [2.45, 2.75) is 32.9 Å². The fourth-order valence-electron chi connectivity index (χ4n) is 3.16. The Bertz CT molecular complexity index is 654. The fraction of sp³-hybridized carbons (Fsp3) is 0.429. The van der Waals surface area contributed by atoms with Crippen LogP contribution in [0.25, 0.3) is 0 Å². The summed E-state index contributed by atoms with van der Waals surface area (Å²) < 4.78 is 5.90. The van der Waals surface area contributed by atoms with Crippen LogP contribution in [-0.4, -0.2) is 29.7 Å². The number of fused-ring (bicyclic) bond motifs is 1. The molecule has 0 aliphatic carbocycles. The molecular formula is C21H27NO2. The van der Waals surface area contributed by atoms with E-state index in [-0.39, 0.29) is 5.92 Å². The third kappa shape index (κ3) is 4.16. The van der Waals surface area contributed by atoms with Gasteiger partial charge in [0, 0.05) is 25.2 Å². The van der Waals surface area contributed by atoms with Gasteiger partial charge in [-0.2, -0.15) is 0 Å². The van der Waals surface area contributed by atoms with Crippen LogP contribution in [-0.2, 0) is 13.0 Å². The molecule has 0 saturated carbocycles. The lowest BCUT2D eigenvalue weighted by atomic mass is 9.97. The van der Waals surface area contributed by atoms with Crippen LogP contribution in [0, 0.1) is 5.92 Å². The highest BCUT2D eigenvalue weighted by Crippen LogP contribution is 2.29. The first-order valence-corrected chi connectivity index (χ1v) is 8.83. The van der Waals surface area contributed by atoms with Gasteiger partial charge in [0.25, 0.3) is 0 Å². The van der Waals surface area contributed by atoms with E-state index in [0.717, 1.165) is 37.4 Å². The molecule has 1 aliphatic rings. The van der Waals surface area contributed by atoms with Crippen molar-refractivity contribution >= 4 is 0 Å². The first-order chi connectivity index (χ1) is 11.6. The minimum atomic E-state index is -0.420. The number of aliphatic hydroxyl groups excluding tert-OH is 1. The lowest BCUT2D eigenvalue weighted by molar-refractivity contribution is 0.126. The van der Waals surface area contributed by atoms with E-state index in [1.807, 2.05) is 26.0 Å². The van der Waals surface area contributed by atoms with E-state index in [1.54, 1.807) is 0 Å². The number of hydrogen-bond acceptors (Lipinski definition) is 3. The molecular weight excluding hydrogens is 298 g/mol. The third-order valence-corrected chi connectivity index (χ3v) is 4.68. The zero-order valence-electron chi connectivity index (χ0n) is 14.6. The van der Waals surface area contributed by atoms with Crippen molar-refractivity contribution in [3.05, 3.63) is 65.2 Å². The summed E-state index contributed by atoms with van der Waals surface area (Å²) in [6.45, 7) is 7.63. The van der Waals surface area contributed by atoms with Gasteiger partial charge < -0.3 is 9.84 Å². The maximum atomic E-state index is 10.3. The molecule has 0 aromatic heterocycles. The predicted molar refractivity (Wildman–Crippen MR) is 97.2 cm³/mol. The van der Waals surface area contributed by atoms with Gasteiger partial charge in [-0.1, -0.05) is 50.2 Å². The SMILES string of the molecule is CC(C)[C@@H](O)c1ccc2c(c1)CN(CCc1ccccc1)CCO2. The molecule has 3 rings (SSSR count). The Morgan fingerprint density at radius 3 is 2.67 bits per heavy atom. The first kappa shape index (κ1) is 17.0. The molecule has 0 amide bonds. The zero-order valence-corrected chi connectivity index (χ0v) is 14.6. The van der Waals surface area contributed by atoms with Crippen molar-refractivity contribution in [1.29, 1.82) is 0 Å². The topological polar surface area (TPSA) is 32.7 Å². The normalized spacial score (nSPS) is 16.3. The molecule has 2 aromatic rings. The maximum Gasteiger partial charge on any atom is 0.123 e. The monoisotopic (exact) mass is 325 g/mol. The average Bonchev–Trinajstić information content (AvgIpc) is 2.81. The van der Waals surface area contributed by atoms with Crippen LogP contribution in [0.2, 0.25) is 0 Å². The molecule has 0 saturated heterocycles. The van der Waals surface area contributed by atoms with Gasteiger partial charge >= 0.3 is 0 Å². The van der Waals surface area contributed by atoms with Gasteiger partial charge in [-0.05, 0) is 35.6 Å². The van der Waals surface area contributed by atoms with E-state index in [9.17, 15) is 5.11 Å². The first-order valence-electron chi connectivity index (χ1n) is 8.83. The van der Waals surface area contributed by atoms with E-state index in [1.165, 1.54) is 11.1 Å². The van der Waals surface area contributed by atoms with Crippen LogP contribution in [0.15, 0.2) is 48.5 Å². The number of ether oxygens (including phenoxy) is 1. The van der Waals surface area contributed by atoms with E-state index >= 15 is 0 Å². The summed E-state index contributed by atoms with van der Waals surface area (Å²) in [6, 6.07) is 16.7. The minimum Gasteiger partial charge on any atom is -0.492 e. The van der Waals surface area contributed by atoms with Gasteiger partial charge in [0.15, 0.2) is 0 Å². The van der Waals surface area contributed by atoms with Crippen molar-refractivity contribution in [1.82, 2.24) is 4.90 Å². The minimum absolute atomic E-state index is 0.212. The second-order valence-electron chi connectivity index (χ2n) is 6.92. The summed E-state index contributed by atoms with van der Waals surface area (Å²) in [5.74, 6) is 1.17. The van der Waals surface area contributed by atoms with Gasteiger partial charge in [-0.3, -0.25) is 4.90 Å². The van der Waals surface area contributed by atoms with Crippen molar-refractivity contribution in [2.75, 3.05) is 19.7 Å². The molecule has 0 spiro atoms. The van der Waals surface area contributed by atoms with E-state index in [2.05, 4.69) is 41.3 Å². The van der Waals surface area contributed by atoms with E-state index < -0.39 is 6.10 Å². The Hall–Kier alpha value is -1.84. The summed E-state index contributed by atoms with van der Waals surface area (Å²) in [4.78, 5) is 2.43. The number of rotatable bonds is 5. The van der Waals surface area contributed by atoms with Crippen LogP contribution in [0.5, 0.6) is 5.75 Å². The molecule has 0 radical (unpaired) electrons. The summed E-state index contributed by atoms with van der Waals surface area (Å²) >= 11 is 0. The van der Waals surface area contributed by atoms with Crippen LogP contribution >= 0.6 is 0 Å². The highest BCUT2D eigenvalue weighted by molar-refractivity contribution is 5.38. The van der Waals surface area contributed by atoms with Gasteiger partial charge in [0.2, 0.25) is 0 Å². The van der Waals surface area contributed by atoms with Crippen LogP contribution in [0.1, 0.15) is 36.6 Å². The van der Waals surface area contributed by atoms with Gasteiger partial charge in [-0.25, -0.2) is 0 Å². The van der Waals surface area contributed by atoms with Crippen LogP contribution in [0.4, 0.5) is 0 Å². The largest absolute Gasteiger partial charge is 0.492 e. The van der Waals surface area contributed by atoms with Gasteiger partial charge in [0.1, 0.15) is 12.4 Å². The molecule has 2 aromatic carbocycles. The summed E-state index contributed by atoms with van der Waals surface area (Å²) in [5.41, 5.74) is 3.53. The van der Waals surface area contributed by atoms with Crippen LogP contribution in [0.3, 0.4) is 0 Å². The Balaban J connectivity index is 1.70. The van der Waals surface area contributed by atoms with Gasteiger partial charge in [-0.15, -0.1) is 0 Å². The van der Waals surface area contributed by atoms with Crippen molar-refractivity contribution in [3.8, 4) is 5.75 Å². The van der Waals surface area contributed by atoms with Crippen molar-refractivity contribution in [3.63, 3.8) is 0 Å². The Morgan fingerprint density at radius 1 is 1.12 bits per heavy atom. The number of nitrogens with zero attached hydrogens (tertiary/aromatic N) is 1. The molecule has 3 nitrogen and oxygen atoms in total. The Labute approximate surface area is 144 Å². The van der Waals surface area contributed by atoms with Crippen molar-refractivity contribution < 1.29 is 9.84 Å². The number of aliphatic hydroxyl groups is 1. The third-order valence-electron chi connectivity index (χ3n) is 4.68. The molecule has 3 heteroatoms. The lowest BCUT2D eigenvalue weighted by Crippen LogP contribution is -2.28. The van der Waals surface area contributed by atoms with Gasteiger partial charge in [0.05, 0.1) is 6.10 Å². The quantitative estimate of drug-likeness (QED) is 0.907. The van der Waals surface area contributed by atoms with E-state index in [0.29, 0.717) is 6.61 Å². The molecule has 0 unspecified atom stereocenters. The van der Waals surface area contributed by atoms with Crippen molar-refractivity contribution in [2.24, 2.45) is 5.92 Å². The smallest absolute Gasteiger partial charge is 0.123 e. The Kier molecular flexibility index (Phi) is 5.54. The average molecular weight is 325 g/mol. The molecule has 1 heterocycles. The lowest BCUT2D eigenvalue weighted by Gasteiger charge is -2.20. The molecule has 128 valence electrons.